The van der Waals surface area contributed by atoms with Gasteiger partial charge in [-0.1, -0.05) is 45.3 Å². The zero-order valence-electron chi connectivity index (χ0n) is 12.3. The smallest absolute Gasteiger partial charge is 0.319 e. The average Bonchev–Trinajstić information content (AvgIpc) is 2.29. The highest BCUT2D eigenvalue weighted by Crippen LogP contribution is 2.30. The van der Waals surface area contributed by atoms with Crippen LogP contribution in [0.4, 0.5) is 0 Å². The second-order valence-electron chi connectivity index (χ2n) is 4.21. The Bertz CT molecular complexity index is 312. The number of hydrogen-bond donors (Lipinski definition) is 1. The van der Waals surface area contributed by atoms with Crippen molar-refractivity contribution in [2.45, 2.75) is 52.7 Å². The predicted molar refractivity (Wildman–Crippen MR) is 95.2 cm³/mol. The number of nitrogens with zero attached hydrogens (tertiary/aromatic N) is 1. The molecule has 0 rings (SSSR count). The summed E-state index contributed by atoms with van der Waals surface area (Å²) in [7, 11) is 3.63. The van der Waals surface area contributed by atoms with Crippen molar-refractivity contribution >= 4 is 52.5 Å². The van der Waals surface area contributed by atoms with E-state index in [1.54, 1.807) is 18.7 Å². The van der Waals surface area contributed by atoms with Crippen LogP contribution in [0.3, 0.4) is 0 Å². The molecule has 0 fully saturated rings. The molecule has 1 unspecified atom stereocenters. The van der Waals surface area contributed by atoms with Gasteiger partial charge in [-0.25, -0.2) is 0 Å². The third-order valence-electron chi connectivity index (χ3n) is 2.30. The summed E-state index contributed by atoms with van der Waals surface area (Å²) in [4.78, 5) is 22.5. The number of thiocarbonyl (C=S) groups is 1. The number of Topliss-reactive ketones (excluding diaryl/α,β-unsaturated/α-hetero) is 1. The molecule has 0 aliphatic carbocycles. The maximum atomic E-state index is 10.9. The number of rotatable bonds is 4. The van der Waals surface area contributed by atoms with Crippen LogP contribution in [0.1, 0.15) is 48.0 Å². The molecule has 1 atom stereocenters. The molecule has 0 amide bonds. The van der Waals surface area contributed by atoms with Crippen molar-refractivity contribution in [1.29, 1.82) is 0 Å². The highest BCUT2D eigenvalue weighted by Gasteiger charge is 2.33. The molecule has 1 N–H and O–H groups in total. The van der Waals surface area contributed by atoms with E-state index in [-0.39, 0.29) is 25.6 Å². The van der Waals surface area contributed by atoms with Gasteiger partial charge in [-0.05, 0) is 20.3 Å². The minimum atomic E-state index is -0.816. The van der Waals surface area contributed by atoms with Crippen LogP contribution in [-0.4, -0.2) is 44.9 Å². The average molecular weight is 346 g/mol. The molecular weight excluding hydrogens is 318 g/mol. The lowest BCUT2D eigenvalue weighted by Crippen LogP contribution is -2.34. The number of ketones is 1. The van der Waals surface area contributed by atoms with Gasteiger partial charge in [-0.2, -0.15) is 0 Å². The SMILES string of the molecule is C.CCC(C)(SC(=S)N(C)C)C(=O)O.CCC(C)=O.Cl. The van der Waals surface area contributed by atoms with Gasteiger partial charge in [-0.3, -0.25) is 4.79 Å². The van der Waals surface area contributed by atoms with Crippen molar-refractivity contribution in [2.24, 2.45) is 0 Å². The quantitative estimate of drug-likeness (QED) is 0.781. The van der Waals surface area contributed by atoms with Gasteiger partial charge < -0.3 is 14.8 Å². The highest BCUT2D eigenvalue weighted by molar-refractivity contribution is 8.24. The summed E-state index contributed by atoms with van der Waals surface area (Å²) in [5.41, 5.74) is 0. The predicted octanol–water partition coefficient (Wildman–Crippen LogP) is 3.86. The largest absolute Gasteiger partial charge is 0.480 e. The van der Waals surface area contributed by atoms with Gasteiger partial charge in [0.1, 0.15) is 14.9 Å². The first kappa shape index (κ1) is 27.9. The van der Waals surface area contributed by atoms with Gasteiger partial charge >= 0.3 is 5.97 Å². The van der Waals surface area contributed by atoms with Crippen LogP contribution in [-0.2, 0) is 9.59 Å². The molecule has 122 valence electrons. The van der Waals surface area contributed by atoms with Crippen molar-refractivity contribution in [3.05, 3.63) is 0 Å². The number of carboxylic acids is 1. The first-order chi connectivity index (χ1) is 8.10. The Hall–Kier alpha value is -0.330. The first-order valence-corrected chi connectivity index (χ1v) is 6.96. The van der Waals surface area contributed by atoms with E-state index in [4.69, 9.17) is 17.3 Å². The fourth-order valence-corrected chi connectivity index (χ4v) is 1.90. The highest BCUT2D eigenvalue weighted by atomic mass is 35.5. The van der Waals surface area contributed by atoms with Crippen LogP contribution in [0, 0.1) is 0 Å². The number of hydrogen-bond acceptors (Lipinski definition) is 4. The Kier molecular flexibility index (Phi) is 19.0. The maximum absolute atomic E-state index is 10.9. The fourth-order valence-electron chi connectivity index (χ4n) is 0.551. The second kappa shape index (κ2) is 13.6. The van der Waals surface area contributed by atoms with Gasteiger partial charge in [-0.15, -0.1) is 12.4 Å². The van der Waals surface area contributed by atoms with E-state index < -0.39 is 10.7 Å². The molecule has 0 saturated heterocycles. The molecule has 0 aromatic carbocycles. The van der Waals surface area contributed by atoms with Gasteiger partial charge in [0.15, 0.2) is 0 Å². The number of carboxylic acid groups (broad SMARTS) is 1. The molecule has 7 heteroatoms. The van der Waals surface area contributed by atoms with E-state index in [9.17, 15) is 9.59 Å². The van der Waals surface area contributed by atoms with E-state index in [2.05, 4.69) is 0 Å². The van der Waals surface area contributed by atoms with Gasteiger partial charge in [0.2, 0.25) is 0 Å². The number of halogens is 1. The summed E-state index contributed by atoms with van der Waals surface area (Å²) in [5, 5.41) is 8.96. The Morgan fingerprint density at radius 1 is 1.30 bits per heavy atom. The van der Waals surface area contributed by atoms with Crippen molar-refractivity contribution in [3.63, 3.8) is 0 Å². The summed E-state index contributed by atoms with van der Waals surface area (Å²) in [6, 6.07) is 0. The molecule has 0 radical (unpaired) electrons. The summed E-state index contributed by atoms with van der Waals surface area (Å²) in [6.45, 7) is 6.97. The topological polar surface area (TPSA) is 57.6 Å². The molecule has 4 nitrogen and oxygen atoms in total. The Morgan fingerprint density at radius 2 is 1.65 bits per heavy atom. The number of carbonyl (C=O) groups excluding carboxylic acids is 1. The van der Waals surface area contributed by atoms with E-state index in [0.717, 1.165) is 0 Å². The molecule has 0 aliphatic heterocycles. The normalized spacial score (nSPS) is 11.5. The number of thioether (sulfide) groups is 1. The molecule has 0 heterocycles. The first-order valence-electron chi connectivity index (χ1n) is 5.73. The zero-order chi connectivity index (χ0) is 14.9. The monoisotopic (exact) mass is 345 g/mol. The van der Waals surface area contributed by atoms with Gasteiger partial charge in [0.05, 0.1) is 0 Å². The second-order valence-corrected chi connectivity index (χ2v) is 6.34. The van der Waals surface area contributed by atoms with E-state index in [1.165, 1.54) is 11.8 Å². The van der Waals surface area contributed by atoms with Crippen LogP contribution in [0.15, 0.2) is 0 Å². The fraction of sp³-hybridized carbons (Fsp3) is 0.769. The van der Waals surface area contributed by atoms with Crippen molar-refractivity contribution in [3.8, 4) is 0 Å². The molecule has 20 heavy (non-hydrogen) atoms. The lowest BCUT2D eigenvalue weighted by Gasteiger charge is -2.25. The summed E-state index contributed by atoms with van der Waals surface area (Å²) >= 11 is 6.26. The lowest BCUT2D eigenvalue weighted by atomic mass is 10.1. The minimum Gasteiger partial charge on any atom is -0.480 e. The zero-order valence-corrected chi connectivity index (χ0v) is 14.8. The third-order valence-corrected chi connectivity index (χ3v) is 4.37. The molecule has 0 bridgehead atoms. The van der Waals surface area contributed by atoms with Crippen LogP contribution >= 0.6 is 36.4 Å². The summed E-state index contributed by atoms with van der Waals surface area (Å²) in [5.74, 6) is -0.561. The van der Waals surface area contributed by atoms with Crippen LogP contribution in [0.25, 0.3) is 0 Å². The van der Waals surface area contributed by atoms with Crippen LogP contribution in [0.2, 0.25) is 0 Å². The molecule has 0 aromatic heterocycles. The van der Waals surface area contributed by atoms with Crippen molar-refractivity contribution in [2.75, 3.05) is 14.1 Å². The Labute approximate surface area is 139 Å². The third kappa shape index (κ3) is 12.7. The molecule has 0 aromatic rings. The van der Waals surface area contributed by atoms with E-state index in [0.29, 0.717) is 17.2 Å². The number of aliphatic carboxylic acids is 1. The van der Waals surface area contributed by atoms with Crippen LogP contribution in [0.5, 0.6) is 0 Å². The van der Waals surface area contributed by atoms with Crippen LogP contribution < -0.4 is 0 Å². The minimum absolute atomic E-state index is 0. The molecule has 0 aliphatic rings. The van der Waals surface area contributed by atoms with E-state index >= 15 is 0 Å². The van der Waals surface area contributed by atoms with Crippen molar-refractivity contribution in [1.82, 2.24) is 4.90 Å². The van der Waals surface area contributed by atoms with Gasteiger partial charge in [0, 0.05) is 20.5 Å². The van der Waals surface area contributed by atoms with E-state index in [1.807, 2.05) is 27.9 Å². The molecule has 0 saturated carbocycles. The summed E-state index contributed by atoms with van der Waals surface area (Å²) < 4.78 is -0.201. The molecule has 0 spiro atoms. The Balaban J connectivity index is -0.000000158. The number of carbonyl (C=O) groups is 2. The lowest BCUT2D eigenvalue weighted by molar-refractivity contribution is -0.139. The van der Waals surface area contributed by atoms with Crippen molar-refractivity contribution < 1.29 is 14.7 Å². The standard InChI is InChI=1S/C8H15NO2S2.C4H8O.CH4.ClH/c1-5-8(2,6(10)11)13-7(12)9(3)4;1-3-4(2)5;;/h5H2,1-4H3,(H,10,11);3H2,1-2H3;1H4;1H. The Morgan fingerprint density at radius 3 is 1.80 bits per heavy atom. The maximum Gasteiger partial charge on any atom is 0.319 e. The van der Waals surface area contributed by atoms with Gasteiger partial charge in [0.25, 0.3) is 0 Å². The molecular formula is C13H28ClNO3S2. The summed E-state index contributed by atoms with van der Waals surface area (Å²) in [6.07, 6.45) is 1.22.